The molecule has 4 nitrogen and oxygen atoms in total. The minimum atomic E-state index is -4.15. The van der Waals surface area contributed by atoms with E-state index >= 15 is 0 Å². The predicted molar refractivity (Wildman–Crippen MR) is 68.5 cm³/mol. The van der Waals surface area contributed by atoms with Gasteiger partial charge < -0.3 is 10.4 Å². The highest BCUT2D eigenvalue weighted by molar-refractivity contribution is 5.87. The second-order valence-corrected chi connectivity index (χ2v) is 6.25. The van der Waals surface area contributed by atoms with Crippen LogP contribution < -0.4 is 5.32 Å². The molecule has 0 aliphatic heterocycles. The highest BCUT2D eigenvalue weighted by Crippen LogP contribution is 2.40. The van der Waals surface area contributed by atoms with Crippen LogP contribution in [-0.4, -0.2) is 28.7 Å². The maximum Gasteiger partial charge on any atom is 0.391 e. The molecule has 2 aliphatic carbocycles. The van der Waals surface area contributed by atoms with E-state index in [9.17, 15) is 22.8 Å². The van der Waals surface area contributed by atoms with Crippen molar-refractivity contribution in [1.82, 2.24) is 5.32 Å². The second kappa shape index (κ2) is 5.85. The Morgan fingerprint density at radius 2 is 1.71 bits per heavy atom. The molecule has 120 valence electrons. The topological polar surface area (TPSA) is 66.4 Å². The molecule has 0 heterocycles. The van der Waals surface area contributed by atoms with Crippen molar-refractivity contribution in [2.75, 3.05) is 0 Å². The molecular weight excluding hydrogens is 287 g/mol. The third-order valence-electron chi connectivity index (χ3n) is 4.78. The first-order chi connectivity index (χ1) is 9.73. The molecular formula is C14H20F3NO3. The maximum absolute atomic E-state index is 12.6. The second-order valence-electron chi connectivity index (χ2n) is 6.25. The van der Waals surface area contributed by atoms with E-state index in [-0.39, 0.29) is 31.1 Å². The van der Waals surface area contributed by atoms with Crippen LogP contribution in [0.5, 0.6) is 0 Å². The zero-order valence-electron chi connectivity index (χ0n) is 11.7. The lowest BCUT2D eigenvalue weighted by Crippen LogP contribution is -2.59. The van der Waals surface area contributed by atoms with E-state index in [2.05, 4.69) is 5.32 Å². The standard InChI is InChI=1S/C14H20F3NO3/c15-14(16,17)10-4-2-9(3-5-10)8-11(19)18-13(12(20)21)6-1-7-13/h9-10H,1-8H2,(H,18,19)(H,20,21). The lowest BCUT2D eigenvalue weighted by Gasteiger charge is -2.38. The summed E-state index contributed by atoms with van der Waals surface area (Å²) in [6.07, 6.45) is -1.54. The van der Waals surface area contributed by atoms with Crippen LogP contribution in [0.15, 0.2) is 0 Å². The number of carboxylic acids is 1. The van der Waals surface area contributed by atoms with E-state index in [1.165, 1.54) is 0 Å². The number of carboxylic acid groups (broad SMARTS) is 1. The quantitative estimate of drug-likeness (QED) is 0.839. The molecule has 0 aromatic rings. The molecule has 0 spiro atoms. The van der Waals surface area contributed by atoms with E-state index < -0.39 is 23.6 Å². The number of hydrogen-bond acceptors (Lipinski definition) is 2. The number of aliphatic carboxylic acids is 1. The average molecular weight is 307 g/mol. The van der Waals surface area contributed by atoms with Crippen molar-refractivity contribution in [2.24, 2.45) is 11.8 Å². The fourth-order valence-corrected chi connectivity index (χ4v) is 3.20. The normalized spacial score (nSPS) is 28.5. The number of halogens is 3. The highest BCUT2D eigenvalue weighted by atomic mass is 19.4. The molecule has 2 N–H and O–H groups in total. The Bertz CT molecular complexity index is 410. The molecule has 2 aliphatic rings. The average Bonchev–Trinajstić information content (AvgIpc) is 2.33. The van der Waals surface area contributed by atoms with Crippen molar-refractivity contribution >= 4 is 11.9 Å². The molecule has 7 heteroatoms. The molecule has 0 unspecified atom stereocenters. The van der Waals surface area contributed by atoms with Gasteiger partial charge in [-0.15, -0.1) is 0 Å². The highest BCUT2D eigenvalue weighted by Gasteiger charge is 2.46. The van der Waals surface area contributed by atoms with Gasteiger partial charge in [0.25, 0.3) is 0 Å². The van der Waals surface area contributed by atoms with Crippen LogP contribution >= 0.6 is 0 Å². The van der Waals surface area contributed by atoms with E-state index in [1.54, 1.807) is 0 Å². The van der Waals surface area contributed by atoms with Crippen LogP contribution in [0.4, 0.5) is 13.2 Å². The zero-order valence-corrected chi connectivity index (χ0v) is 11.7. The number of alkyl halides is 3. The Morgan fingerprint density at radius 1 is 1.14 bits per heavy atom. The third-order valence-corrected chi connectivity index (χ3v) is 4.78. The summed E-state index contributed by atoms with van der Waals surface area (Å²) in [5.41, 5.74) is -1.14. The summed E-state index contributed by atoms with van der Waals surface area (Å²) in [5.74, 6) is -2.71. The van der Waals surface area contributed by atoms with Crippen LogP contribution in [0.2, 0.25) is 0 Å². The largest absolute Gasteiger partial charge is 0.480 e. The molecule has 0 bridgehead atoms. The van der Waals surface area contributed by atoms with Crippen molar-refractivity contribution < 1.29 is 27.9 Å². The molecule has 0 radical (unpaired) electrons. The number of nitrogens with one attached hydrogen (secondary N) is 1. The van der Waals surface area contributed by atoms with Crippen LogP contribution in [0, 0.1) is 11.8 Å². The Kier molecular flexibility index (Phi) is 4.49. The predicted octanol–water partition coefficient (Wildman–Crippen LogP) is 2.87. The zero-order chi connectivity index (χ0) is 15.7. The first-order valence-electron chi connectivity index (χ1n) is 7.34. The Hall–Kier alpha value is -1.27. The van der Waals surface area contributed by atoms with Crippen molar-refractivity contribution in [3.05, 3.63) is 0 Å². The summed E-state index contributed by atoms with van der Waals surface area (Å²) in [4.78, 5) is 23.1. The molecule has 21 heavy (non-hydrogen) atoms. The van der Waals surface area contributed by atoms with Crippen LogP contribution in [0.1, 0.15) is 51.4 Å². The van der Waals surface area contributed by atoms with Gasteiger partial charge >= 0.3 is 12.1 Å². The molecule has 2 fully saturated rings. The lowest BCUT2D eigenvalue weighted by molar-refractivity contribution is -0.184. The monoisotopic (exact) mass is 307 g/mol. The van der Waals surface area contributed by atoms with E-state index in [4.69, 9.17) is 5.11 Å². The number of amides is 1. The van der Waals surface area contributed by atoms with E-state index in [0.29, 0.717) is 25.7 Å². The van der Waals surface area contributed by atoms with Crippen molar-refractivity contribution in [2.45, 2.75) is 63.1 Å². The third kappa shape index (κ3) is 3.68. The van der Waals surface area contributed by atoms with Gasteiger partial charge in [-0.1, -0.05) is 0 Å². The number of carbonyl (C=O) groups excluding carboxylic acids is 1. The first-order valence-corrected chi connectivity index (χ1v) is 7.34. The van der Waals surface area contributed by atoms with Crippen LogP contribution in [-0.2, 0) is 9.59 Å². The summed E-state index contributed by atoms with van der Waals surface area (Å²) < 4.78 is 37.7. The molecule has 0 saturated heterocycles. The number of rotatable bonds is 4. The van der Waals surface area contributed by atoms with Gasteiger partial charge in [0.15, 0.2) is 0 Å². The van der Waals surface area contributed by atoms with E-state index in [0.717, 1.165) is 6.42 Å². The van der Waals surface area contributed by atoms with Gasteiger partial charge in [0.05, 0.1) is 5.92 Å². The summed E-state index contributed by atoms with van der Waals surface area (Å²) in [7, 11) is 0. The SMILES string of the molecule is O=C(CC1CCC(C(F)(F)F)CC1)NC1(C(=O)O)CCC1. The molecule has 2 saturated carbocycles. The fraction of sp³-hybridized carbons (Fsp3) is 0.857. The van der Waals surface area contributed by atoms with Gasteiger partial charge in [0.1, 0.15) is 5.54 Å². The molecule has 0 aromatic carbocycles. The van der Waals surface area contributed by atoms with Gasteiger partial charge in [-0.05, 0) is 50.9 Å². The van der Waals surface area contributed by atoms with Crippen LogP contribution in [0.3, 0.4) is 0 Å². The minimum absolute atomic E-state index is 0.0610. The van der Waals surface area contributed by atoms with E-state index in [1.807, 2.05) is 0 Å². The molecule has 2 rings (SSSR count). The Balaban J connectivity index is 1.78. The lowest BCUT2D eigenvalue weighted by atomic mass is 9.76. The summed E-state index contributed by atoms with van der Waals surface area (Å²) in [6, 6.07) is 0. The van der Waals surface area contributed by atoms with Gasteiger partial charge in [-0.2, -0.15) is 13.2 Å². The Labute approximate surface area is 121 Å². The maximum atomic E-state index is 12.6. The van der Waals surface area contributed by atoms with Crippen molar-refractivity contribution in [3.8, 4) is 0 Å². The molecule has 0 atom stereocenters. The summed E-state index contributed by atoms with van der Waals surface area (Å²) >= 11 is 0. The smallest absolute Gasteiger partial charge is 0.391 e. The first kappa shape index (κ1) is 16.1. The van der Waals surface area contributed by atoms with Gasteiger partial charge in [-0.3, -0.25) is 4.79 Å². The summed E-state index contributed by atoms with van der Waals surface area (Å²) in [6.45, 7) is 0. The number of carbonyl (C=O) groups is 2. The Morgan fingerprint density at radius 3 is 2.10 bits per heavy atom. The van der Waals surface area contributed by atoms with Crippen LogP contribution in [0.25, 0.3) is 0 Å². The van der Waals surface area contributed by atoms with Crippen molar-refractivity contribution in [1.29, 1.82) is 0 Å². The molecule has 1 amide bonds. The minimum Gasteiger partial charge on any atom is -0.480 e. The number of hydrogen-bond donors (Lipinski definition) is 2. The van der Waals surface area contributed by atoms with Gasteiger partial charge in [0.2, 0.25) is 5.91 Å². The molecule has 0 aromatic heterocycles. The van der Waals surface area contributed by atoms with Gasteiger partial charge in [-0.25, -0.2) is 4.79 Å². The fourth-order valence-electron chi connectivity index (χ4n) is 3.20. The summed E-state index contributed by atoms with van der Waals surface area (Å²) in [5, 5.41) is 11.7. The van der Waals surface area contributed by atoms with Gasteiger partial charge in [0, 0.05) is 6.42 Å². The van der Waals surface area contributed by atoms with Crippen molar-refractivity contribution in [3.63, 3.8) is 0 Å².